The topological polar surface area (TPSA) is 88.3 Å². The zero-order valence-corrected chi connectivity index (χ0v) is 13.8. The van der Waals surface area contributed by atoms with E-state index < -0.39 is 33.3 Å². The van der Waals surface area contributed by atoms with E-state index in [4.69, 9.17) is 0 Å². The van der Waals surface area contributed by atoms with Crippen LogP contribution in [0.15, 0.2) is 24.3 Å². The predicted octanol–water partition coefficient (Wildman–Crippen LogP) is 1.96. The molecule has 1 atom stereocenters. The van der Waals surface area contributed by atoms with Crippen LogP contribution in [0.5, 0.6) is 0 Å². The summed E-state index contributed by atoms with van der Waals surface area (Å²) in [5.74, 6) is -1.77. The summed E-state index contributed by atoms with van der Waals surface area (Å²) in [7, 11) is -3.66. The molecule has 0 saturated carbocycles. The fraction of sp³-hybridized carbons (Fsp3) is 0.357. The van der Waals surface area contributed by atoms with E-state index in [0.29, 0.717) is 11.8 Å². The van der Waals surface area contributed by atoms with Gasteiger partial charge in [0.1, 0.15) is 0 Å². The molecule has 0 aliphatic carbocycles. The Morgan fingerprint density at radius 3 is 2.33 bits per heavy atom. The smallest absolute Gasteiger partial charge is 0.422 e. The molecule has 2 aromatic rings. The molecule has 1 heterocycles. The Balaban J connectivity index is 2.97. The number of benzene rings is 1. The number of rotatable bonds is 4. The average molecular weight is 364 g/mol. The first-order valence-corrected chi connectivity index (χ1v) is 8.55. The molecule has 0 unspecified atom stereocenters. The number of aryl methyl sites for hydroxylation is 1. The molecule has 2 rings (SSSR count). The Morgan fingerprint density at radius 1 is 1.25 bits per heavy atom. The van der Waals surface area contributed by atoms with Gasteiger partial charge in [-0.1, -0.05) is 18.2 Å². The molecule has 1 aromatic heterocycles. The van der Waals surface area contributed by atoms with E-state index in [2.05, 4.69) is 9.72 Å². The summed E-state index contributed by atoms with van der Waals surface area (Å²) in [6.07, 6.45) is -4.74. The van der Waals surface area contributed by atoms with Gasteiger partial charge >= 0.3 is 12.1 Å². The number of fused-ring (bicyclic) bond motifs is 1. The molecule has 24 heavy (non-hydrogen) atoms. The molecule has 0 aliphatic rings. The molecule has 132 valence electrons. The Hall–Kier alpha value is -2.07. The molecule has 0 spiro atoms. The normalized spacial score (nSPS) is 15.2. The van der Waals surface area contributed by atoms with Crippen molar-refractivity contribution >= 4 is 26.9 Å². The third-order valence-corrected chi connectivity index (χ3v) is 4.20. The van der Waals surface area contributed by atoms with Gasteiger partial charge in [0.2, 0.25) is 10.0 Å². The highest BCUT2D eigenvalue weighted by molar-refractivity contribution is 7.88. The minimum atomic E-state index is -5.28. The zero-order chi connectivity index (χ0) is 18.3. The van der Waals surface area contributed by atoms with Crippen LogP contribution in [0, 0.1) is 6.92 Å². The number of hydrogen-bond donors (Lipinski definition) is 2. The lowest BCUT2D eigenvalue weighted by atomic mass is 9.87. The first-order chi connectivity index (χ1) is 10.9. The van der Waals surface area contributed by atoms with Crippen molar-refractivity contribution in [2.75, 3.05) is 13.4 Å². The van der Waals surface area contributed by atoms with Crippen LogP contribution in [0.4, 0.5) is 13.2 Å². The van der Waals surface area contributed by atoms with Crippen LogP contribution in [0.25, 0.3) is 10.9 Å². The van der Waals surface area contributed by atoms with E-state index in [1.807, 2.05) is 0 Å². The average Bonchev–Trinajstić information content (AvgIpc) is 2.77. The number of esters is 1. The third-order valence-electron chi connectivity index (χ3n) is 3.52. The van der Waals surface area contributed by atoms with Gasteiger partial charge in [-0.15, -0.1) is 0 Å². The minimum Gasteiger partial charge on any atom is -0.467 e. The van der Waals surface area contributed by atoms with E-state index in [1.165, 1.54) is 29.8 Å². The summed E-state index contributed by atoms with van der Waals surface area (Å²) in [5, 5.41) is 0.0638. The highest BCUT2D eigenvalue weighted by Crippen LogP contribution is 2.44. The van der Waals surface area contributed by atoms with Crippen molar-refractivity contribution in [2.45, 2.75) is 18.6 Å². The van der Waals surface area contributed by atoms with Crippen LogP contribution in [0.3, 0.4) is 0 Å². The molecule has 0 radical (unpaired) electrons. The fourth-order valence-corrected chi connectivity index (χ4v) is 3.56. The number of aromatic amines is 1. The fourth-order valence-electron chi connectivity index (χ4n) is 2.70. The van der Waals surface area contributed by atoms with Gasteiger partial charge in [-0.25, -0.2) is 13.2 Å². The van der Waals surface area contributed by atoms with Crippen LogP contribution >= 0.6 is 0 Å². The van der Waals surface area contributed by atoms with E-state index >= 15 is 0 Å². The Labute approximate surface area is 136 Å². The van der Waals surface area contributed by atoms with E-state index in [0.717, 1.165) is 7.11 Å². The van der Waals surface area contributed by atoms with E-state index in [-0.39, 0.29) is 11.1 Å². The maximum Gasteiger partial charge on any atom is 0.422 e. The monoisotopic (exact) mass is 364 g/mol. The van der Waals surface area contributed by atoms with Crippen molar-refractivity contribution in [1.82, 2.24) is 9.71 Å². The largest absolute Gasteiger partial charge is 0.467 e. The molecule has 0 fully saturated rings. The van der Waals surface area contributed by atoms with Crippen LogP contribution < -0.4 is 4.72 Å². The molecule has 0 saturated heterocycles. The van der Waals surface area contributed by atoms with Crippen molar-refractivity contribution in [2.24, 2.45) is 0 Å². The second-order valence-corrected chi connectivity index (χ2v) is 7.03. The molecule has 10 heteroatoms. The summed E-state index contributed by atoms with van der Waals surface area (Å²) in [5.41, 5.74) is -3.77. The summed E-state index contributed by atoms with van der Waals surface area (Å²) in [6, 6.07) is 5.96. The summed E-state index contributed by atoms with van der Waals surface area (Å²) < 4.78 is 70.9. The maximum absolute atomic E-state index is 14.0. The Bertz CT molecular complexity index is 889. The summed E-state index contributed by atoms with van der Waals surface area (Å²) in [6.45, 7) is 1.32. The standard InChI is InChI=1S/C14H15F3N2O4S/c1-8-11(9-6-4-5-7-10(9)18-8)13(12(20)23-2,14(15,16)17)19-24(3,21)22/h4-7,18-19H,1-3H3/t13-/m0/s1. The van der Waals surface area contributed by atoms with E-state index in [9.17, 15) is 26.4 Å². The number of methoxy groups -OCH3 is 1. The van der Waals surface area contributed by atoms with Crippen molar-refractivity contribution in [3.8, 4) is 0 Å². The van der Waals surface area contributed by atoms with Crippen LogP contribution in [0.1, 0.15) is 11.3 Å². The number of carbonyl (C=O) groups is 1. The molecule has 6 nitrogen and oxygen atoms in total. The van der Waals surface area contributed by atoms with Gasteiger partial charge in [-0.2, -0.15) is 17.9 Å². The first kappa shape index (κ1) is 18.3. The molecule has 1 aromatic carbocycles. The van der Waals surface area contributed by atoms with Crippen molar-refractivity contribution < 1.29 is 31.1 Å². The molecule has 0 bridgehead atoms. The number of alkyl halides is 3. The lowest BCUT2D eigenvalue weighted by Crippen LogP contribution is -2.61. The lowest BCUT2D eigenvalue weighted by molar-refractivity contribution is -0.210. The van der Waals surface area contributed by atoms with Gasteiger partial charge in [0.25, 0.3) is 5.54 Å². The lowest BCUT2D eigenvalue weighted by Gasteiger charge is -2.33. The molecular formula is C14H15F3N2O4S. The second-order valence-electron chi connectivity index (χ2n) is 5.28. The van der Waals surface area contributed by atoms with Gasteiger partial charge in [-0.3, -0.25) is 0 Å². The van der Waals surface area contributed by atoms with Crippen LogP contribution in [-0.2, 0) is 25.1 Å². The molecule has 0 aliphatic heterocycles. The number of H-pyrrole nitrogens is 1. The van der Waals surface area contributed by atoms with Crippen LogP contribution in [-0.4, -0.2) is 38.9 Å². The maximum atomic E-state index is 14.0. The highest BCUT2D eigenvalue weighted by atomic mass is 32.2. The summed E-state index contributed by atoms with van der Waals surface area (Å²) in [4.78, 5) is 14.9. The number of hydrogen-bond acceptors (Lipinski definition) is 4. The predicted molar refractivity (Wildman–Crippen MR) is 80.8 cm³/mol. The van der Waals surface area contributed by atoms with Gasteiger partial charge in [-0.05, 0) is 13.0 Å². The highest BCUT2D eigenvalue weighted by Gasteiger charge is 2.65. The van der Waals surface area contributed by atoms with Crippen molar-refractivity contribution in [3.05, 3.63) is 35.5 Å². The number of para-hydroxylation sites is 1. The number of halogens is 3. The van der Waals surface area contributed by atoms with Gasteiger partial charge in [0, 0.05) is 22.2 Å². The number of aromatic nitrogens is 1. The van der Waals surface area contributed by atoms with Crippen molar-refractivity contribution in [1.29, 1.82) is 0 Å². The number of carbonyl (C=O) groups excluding carboxylic acids is 1. The number of nitrogens with one attached hydrogen (secondary N) is 2. The molecular weight excluding hydrogens is 349 g/mol. The molecule has 0 amide bonds. The minimum absolute atomic E-state index is 0.00456. The van der Waals surface area contributed by atoms with Crippen molar-refractivity contribution in [3.63, 3.8) is 0 Å². The number of ether oxygens (including phenoxy) is 1. The second kappa shape index (κ2) is 5.78. The van der Waals surface area contributed by atoms with Gasteiger partial charge in [0.05, 0.1) is 13.4 Å². The first-order valence-electron chi connectivity index (χ1n) is 6.66. The molecule has 2 N–H and O–H groups in total. The zero-order valence-electron chi connectivity index (χ0n) is 13.0. The summed E-state index contributed by atoms with van der Waals surface area (Å²) >= 11 is 0. The Kier molecular flexibility index (Phi) is 4.40. The Morgan fingerprint density at radius 2 is 1.83 bits per heavy atom. The quantitative estimate of drug-likeness (QED) is 0.812. The number of sulfonamides is 1. The van der Waals surface area contributed by atoms with Crippen LogP contribution in [0.2, 0.25) is 0 Å². The van der Waals surface area contributed by atoms with Gasteiger partial charge in [0.15, 0.2) is 0 Å². The van der Waals surface area contributed by atoms with E-state index in [1.54, 1.807) is 6.07 Å². The van der Waals surface area contributed by atoms with Gasteiger partial charge < -0.3 is 9.72 Å². The SMILES string of the molecule is COC(=O)[C@@](NS(C)(=O)=O)(c1c(C)[nH]c2ccccc12)C(F)(F)F. The third kappa shape index (κ3) is 2.86.